The van der Waals surface area contributed by atoms with Gasteiger partial charge in [-0.05, 0) is 30.2 Å². The summed E-state index contributed by atoms with van der Waals surface area (Å²) in [5.41, 5.74) is 0.669. The fraction of sp³-hybridized carbons (Fsp3) is 0.412. The van der Waals surface area contributed by atoms with Crippen LogP contribution in [-0.2, 0) is 4.79 Å². The number of aromatic nitrogens is 3. The molecule has 1 aromatic heterocycles. The second-order valence-electron chi connectivity index (χ2n) is 7.01. The number of nitrogens with zero attached hydrogens (tertiary/aromatic N) is 5. The van der Waals surface area contributed by atoms with Crippen LogP contribution in [0, 0.1) is 11.7 Å². The molecule has 26 heavy (non-hydrogen) atoms. The van der Waals surface area contributed by atoms with Crippen LogP contribution in [0.2, 0.25) is 0 Å². The van der Waals surface area contributed by atoms with E-state index in [0.717, 1.165) is 0 Å². The number of anilines is 1. The van der Waals surface area contributed by atoms with Gasteiger partial charge in [0, 0.05) is 19.2 Å². The number of imide groups is 1. The van der Waals surface area contributed by atoms with E-state index in [1.165, 1.54) is 17.0 Å². The number of halogens is 1. The number of amides is 3. The number of hydrogen-bond donors (Lipinski definition) is 1. The molecule has 2 aliphatic heterocycles. The Morgan fingerprint density at radius 1 is 1.19 bits per heavy atom. The first-order valence-corrected chi connectivity index (χ1v) is 8.43. The van der Waals surface area contributed by atoms with Gasteiger partial charge in [-0.15, -0.1) is 10.2 Å². The first-order chi connectivity index (χ1) is 12.4. The Bertz CT molecular complexity index is 878. The van der Waals surface area contributed by atoms with Crippen LogP contribution >= 0.6 is 0 Å². The number of rotatable bonds is 3. The zero-order chi connectivity index (χ0) is 18.6. The molecule has 2 aliphatic rings. The van der Waals surface area contributed by atoms with Crippen molar-refractivity contribution in [3.05, 3.63) is 30.1 Å². The molecule has 0 saturated carbocycles. The lowest BCUT2D eigenvalue weighted by Crippen LogP contribution is -2.61. The second-order valence-corrected chi connectivity index (χ2v) is 7.01. The summed E-state index contributed by atoms with van der Waals surface area (Å²) >= 11 is 0. The summed E-state index contributed by atoms with van der Waals surface area (Å²) in [5, 5.41) is 10.9. The molecule has 1 N–H and O–H groups in total. The number of benzene rings is 1. The molecule has 9 heteroatoms. The molecule has 136 valence electrons. The number of likely N-dealkylation sites (N-methyl/N-ethyl adjacent to an activating group) is 1. The minimum absolute atomic E-state index is 0.281. The number of urea groups is 1. The molecule has 0 bridgehead atoms. The van der Waals surface area contributed by atoms with Crippen molar-refractivity contribution in [3.63, 3.8) is 0 Å². The maximum atomic E-state index is 13.3. The number of carbonyl (C=O) groups is 2. The summed E-state index contributed by atoms with van der Waals surface area (Å²) in [6.45, 7) is 4.69. The molecule has 3 amide bonds. The van der Waals surface area contributed by atoms with E-state index in [9.17, 15) is 14.0 Å². The smallest absolute Gasteiger partial charge is 0.325 e. The van der Waals surface area contributed by atoms with Crippen molar-refractivity contribution >= 4 is 17.9 Å². The van der Waals surface area contributed by atoms with Crippen molar-refractivity contribution in [2.24, 2.45) is 5.92 Å². The summed E-state index contributed by atoms with van der Waals surface area (Å²) in [5.74, 6) is 0.608. The SMILES string of the molecule is CC(C)CN1c2nnc(-c3ccc(F)cc3)n2C2C1C(=O)NC(=O)N2C. The molecular weight excluding hydrogens is 339 g/mol. The maximum Gasteiger partial charge on any atom is 0.325 e. The van der Waals surface area contributed by atoms with Gasteiger partial charge in [0.2, 0.25) is 5.95 Å². The molecule has 1 aromatic carbocycles. The van der Waals surface area contributed by atoms with Crippen molar-refractivity contribution in [1.82, 2.24) is 25.0 Å². The highest BCUT2D eigenvalue weighted by Gasteiger charge is 2.52. The molecule has 2 unspecified atom stereocenters. The third kappa shape index (κ3) is 2.34. The average Bonchev–Trinajstić information content (AvgIpc) is 3.13. The van der Waals surface area contributed by atoms with Crippen LogP contribution in [0.5, 0.6) is 0 Å². The van der Waals surface area contributed by atoms with Crippen molar-refractivity contribution in [1.29, 1.82) is 0 Å². The van der Waals surface area contributed by atoms with E-state index >= 15 is 0 Å². The van der Waals surface area contributed by atoms with E-state index in [1.807, 2.05) is 18.7 Å². The van der Waals surface area contributed by atoms with Gasteiger partial charge in [0.15, 0.2) is 11.9 Å². The average molecular weight is 358 g/mol. The maximum absolute atomic E-state index is 13.3. The van der Waals surface area contributed by atoms with Crippen LogP contribution in [0.1, 0.15) is 20.0 Å². The molecule has 4 rings (SSSR count). The van der Waals surface area contributed by atoms with Gasteiger partial charge in [-0.3, -0.25) is 14.7 Å². The van der Waals surface area contributed by atoms with Gasteiger partial charge in [0.25, 0.3) is 5.91 Å². The van der Waals surface area contributed by atoms with Gasteiger partial charge >= 0.3 is 6.03 Å². The van der Waals surface area contributed by atoms with Crippen LogP contribution in [0.25, 0.3) is 11.4 Å². The topological polar surface area (TPSA) is 83.4 Å². The molecule has 0 spiro atoms. The molecule has 1 saturated heterocycles. The molecule has 0 aliphatic carbocycles. The van der Waals surface area contributed by atoms with E-state index in [2.05, 4.69) is 15.5 Å². The van der Waals surface area contributed by atoms with E-state index in [-0.39, 0.29) is 17.6 Å². The first kappa shape index (κ1) is 16.5. The van der Waals surface area contributed by atoms with Crippen LogP contribution < -0.4 is 10.2 Å². The van der Waals surface area contributed by atoms with Gasteiger partial charge in [0.05, 0.1) is 0 Å². The molecule has 8 nitrogen and oxygen atoms in total. The van der Waals surface area contributed by atoms with Gasteiger partial charge in [-0.2, -0.15) is 0 Å². The Balaban J connectivity index is 1.87. The predicted molar refractivity (Wildman–Crippen MR) is 91.7 cm³/mol. The van der Waals surface area contributed by atoms with Gasteiger partial charge < -0.3 is 9.80 Å². The Hall–Kier alpha value is -2.97. The second kappa shape index (κ2) is 5.79. The summed E-state index contributed by atoms with van der Waals surface area (Å²) in [6, 6.07) is 4.86. The highest BCUT2D eigenvalue weighted by atomic mass is 19.1. The fourth-order valence-corrected chi connectivity index (χ4v) is 3.58. The number of hydrogen-bond acceptors (Lipinski definition) is 5. The zero-order valence-corrected chi connectivity index (χ0v) is 14.7. The predicted octanol–water partition coefficient (Wildman–Crippen LogP) is 1.61. The van der Waals surface area contributed by atoms with Crippen molar-refractivity contribution in [3.8, 4) is 11.4 Å². The van der Waals surface area contributed by atoms with E-state index in [4.69, 9.17) is 0 Å². The Morgan fingerprint density at radius 3 is 2.54 bits per heavy atom. The molecule has 1 fully saturated rings. The lowest BCUT2D eigenvalue weighted by molar-refractivity contribution is -0.124. The molecule has 0 radical (unpaired) electrons. The molecule has 3 heterocycles. The summed E-state index contributed by atoms with van der Waals surface area (Å²) in [7, 11) is 1.64. The summed E-state index contributed by atoms with van der Waals surface area (Å²) < 4.78 is 15.1. The van der Waals surface area contributed by atoms with Crippen LogP contribution in [0.4, 0.5) is 15.1 Å². The fourth-order valence-electron chi connectivity index (χ4n) is 3.58. The first-order valence-electron chi connectivity index (χ1n) is 8.43. The lowest BCUT2D eigenvalue weighted by atomic mass is 10.1. The monoisotopic (exact) mass is 358 g/mol. The number of nitrogens with one attached hydrogen (secondary N) is 1. The molecule has 2 aromatic rings. The van der Waals surface area contributed by atoms with E-state index in [0.29, 0.717) is 23.9 Å². The van der Waals surface area contributed by atoms with Crippen LogP contribution in [-0.4, -0.2) is 51.2 Å². The zero-order valence-electron chi connectivity index (χ0n) is 14.7. The highest BCUT2D eigenvalue weighted by Crippen LogP contribution is 2.40. The number of carbonyl (C=O) groups excluding carboxylic acids is 2. The van der Waals surface area contributed by atoms with E-state index < -0.39 is 18.2 Å². The quantitative estimate of drug-likeness (QED) is 0.901. The largest absolute Gasteiger partial charge is 0.325 e. The summed E-state index contributed by atoms with van der Waals surface area (Å²) in [4.78, 5) is 28.1. The van der Waals surface area contributed by atoms with Crippen LogP contribution in [0.15, 0.2) is 24.3 Å². The standard InChI is InChI=1S/C17H19FN6O2/c1-9(2)8-23-12-14(25)19-17(26)22(3)15(12)24-13(20-21-16(23)24)10-4-6-11(18)7-5-10/h4-7,9,12,15H,8H2,1-3H3,(H,19,25,26). The Kier molecular flexibility index (Phi) is 3.67. The van der Waals surface area contributed by atoms with Gasteiger partial charge in [0.1, 0.15) is 12.0 Å². The van der Waals surface area contributed by atoms with Crippen molar-refractivity contribution in [2.75, 3.05) is 18.5 Å². The third-order valence-corrected chi connectivity index (χ3v) is 4.70. The lowest BCUT2D eigenvalue weighted by Gasteiger charge is -2.37. The van der Waals surface area contributed by atoms with Crippen molar-refractivity contribution in [2.45, 2.75) is 26.1 Å². The minimum atomic E-state index is -0.579. The van der Waals surface area contributed by atoms with Gasteiger partial charge in [-0.25, -0.2) is 9.18 Å². The Labute approximate surface area is 149 Å². The number of fused-ring (bicyclic) bond motifs is 3. The molecular formula is C17H19FN6O2. The van der Waals surface area contributed by atoms with Crippen molar-refractivity contribution < 1.29 is 14.0 Å². The Morgan fingerprint density at radius 2 is 1.88 bits per heavy atom. The van der Waals surface area contributed by atoms with Crippen LogP contribution in [0.3, 0.4) is 0 Å². The van der Waals surface area contributed by atoms with E-state index in [1.54, 1.807) is 23.7 Å². The normalized spacial score (nSPS) is 21.9. The highest BCUT2D eigenvalue weighted by molar-refractivity contribution is 6.02. The minimum Gasteiger partial charge on any atom is -0.325 e. The third-order valence-electron chi connectivity index (χ3n) is 4.70. The van der Waals surface area contributed by atoms with Gasteiger partial charge in [-0.1, -0.05) is 13.8 Å². The molecule has 2 atom stereocenters. The summed E-state index contributed by atoms with van der Waals surface area (Å²) in [6.07, 6.45) is -0.556.